The van der Waals surface area contributed by atoms with Gasteiger partial charge in [-0.1, -0.05) is 17.7 Å². The third-order valence-corrected chi connectivity index (χ3v) is 4.31. The first-order valence-electron chi connectivity index (χ1n) is 8.81. The van der Waals surface area contributed by atoms with Crippen LogP contribution in [0.5, 0.6) is 0 Å². The number of rotatable bonds is 5. The molecule has 2 aromatic carbocycles. The molecule has 0 unspecified atom stereocenters. The van der Waals surface area contributed by atoms with Gasteiger partial charge in [-0.15, -0.1) is 0 Å². The van der Waals surface area contributed by atoms with Crippen LogP contribution in [-0.2, 0) is 0 Å². The highest BCUT2D eigenvalue weighted by Gasteiger charge is 2.09. The lowest BCUT2D eigenvalue weighted by Gasteiger charge is -2.13. The average Bonchev–Trinajstić information content (AvgIpc) is 2.64. The fourth-order valence-electron chi connectivity index (χ4n) is 2.78. The quantitative estimate of drug-likeness (QED) is 0.689. The van der Waals surface area contributed by atoms with Crippen molar-refractivity contribution < 1.29 is 4.79 Å². The lowest BCUT2D eigenvalue weighted by Crippen LogP contribution is -2.13. The maximum Gasteiger partial charge on any atom is 0.255 e. The molecule has 0 aliphatic carbocycles. The van der Waals surface area contributed by atoms with Crippen LogP contribution >= 0.6 is 0 Å². The van der Waals surface area contributed by atoms with E-state index in [9.17, 15) is 4.79 Å². The van der Waals surface area contributed by atoms with E-state index in [0.29, 0.717) is 11.4 Å². The standard InChI is InChI=1S/C22H24N4O/c1-15-5-10-20(16(2)13-15)25-22(27)17-11-12-23-21(14-17)24-18-6-8-19(9-7-18)26(3)4/h5-14H,1-4H3,(H,23,24)(H,25,27). The molecule has 0 aliphatic rings. The number of aromatic nitrogens is 1. The minimum Gasteiger partial charge on any atom is -0.378 e. The van der Waals surface area contributed by atoms with Gasteiger partial charge in [0.25, 0.3) is 5.91 Å². The van der Waals surface area contributed by atoms with Crippen molar-refractivity contribution in [1.29, 1.82) is 0 Å². The first-order valence-corrected chi connectivity index (χ1v) is 8.81. The zero-order chi connectivity index (χ0) is 19.4. The second-order valence-corrected chi connectivity index (χ2v) is 6.77. The van der Waals surface area contributed by atoms with E-state index in [1.165, 1.54) is 5.56 Å². The Labute approximate surface area is 160 Å². The number of nitrogens with zero attached hydrogens (tertiary/aromatic N) is 2. The highest BCUT2D eigenvalue weighted by molar-refractivity contribution is 6.05. The number of aryl methyl sites for hydroxylation is 2. The van der Waals surface area contributed by atoms with E-state index in [2.05, 4.69) is 15.6 Å². The van der Waals surface area contributed by atoms with Gasteiger partial charge in [0.1, 0.15) is 5.82 Å². The first-order chi connectivity index (χ1) is 12.9. The zero-order valence-electron chi connectivity index (χ0n) is 16.1. The number of carbonyl (C=O) groups is 1. The van der Waals surface area contributed by atoms with Crippen molar-refractivity contribution in [3.8, 4) is 0 Å². The molecule has 3 rings (SSSR count). The smallest absolute Gasteiger partial charge is 0.255 e. The second kappa shape index (κ2) is 7.91. The summed E-state index contributed by atoms with van der Waals surface area (Å²) in [7, 11) is 4.00. The Kier molecular flexibility index (Phi) is 5.41. The van der Waals surface area contributed by atoms with Crippen molar-refractivity contribution in [2.45, 2.75) is 13.8 Å². The molecule has 138 valence electrons. The van der Waals surface area contributed by atoms with E-state index >= 15 is 0 Å². The summed E-state index contributed by atoms with van der Waals surface area (Å²) in [5, 5.41) is 6.20. The molecule has 5 heteroatoms. The van der Waals surface area contributed by atoms with Gasteiger partial charge in [0.2, 0.25) is 0 Å². The molecule has 0 bridgehead atoms. The topological polar surface area (TPSA) is 57.3 Å². The molecule has 0 aliphatic heterocycles. The van der Waals surface area contributed by atoms with Gasteiger partial charge in [-0.25, -0.2) is 4.98 Å². The summed E-state index contributed by atoms with van der Waals surface area (Å²) in [6.07, 6.45) is 1.63. The van der Waals surface area contributed by atoms with Crippen LogP contribution in [0.25, 0.3) is 0 Å². The Morgan fingerprint density at radius 2 is 1.70 bits per heavy atom. The van der Waals surface area contributed by atoms with Crippen molar-refractivity contribution in [2.75, 3.05) is 29.6 Å². The van der Waals surface area contributed by atoms with Crippen LogP contribution in [0.3, 0.4) is 0 Å². The van der Waals surface area contributed by atoms with Crippen molar-refractivity contribution >= 4 is 28.8 Å². The normalized spacial score (nSPS) is 10.4. The van der Waals surface area contributed by atoms with Crippen LogP contribution in [-0.4, -0.2) is 25.0 Å². The van der Waals surface area contributed by atoms with Crippen molar-refractivity contribution in [3.05, 3.63) is 77.5 Å². The maximum absolute atomic E-state index is 12.6. The molecule has 2 N–H and O–H groups in total. The Morgan fingerprint density at radius 3 is 2.37 bits per heavy atom. The maximum atomic E-state index is 12.6. The van der Waals surface area contributed by atoms with Gasteiger partial charge in [-0.3, -0.25) is 4.79 Å². The second-order valence-electron chi connectivity index (χ2n) is 6.77. The molecule has 1 heterocycles. The number of hydrogen-bond donors (Lipinski definition) is 2. The molecular formula is C22H24N4O. The fourth-order valence-corrected chi connectivity index (χ4v) is 2.78. The van der Waals surface area contributed by atoms with Crippen molar-refractivity contribution in [2.24, 2.45) is 0 Å². The fraction of sp³-hybridized carbons (Fsp3) is 0.182. The third-order valence-electron chi connectivity index (χ3n) is 4.31. The summed E-state index contributed by atoms with van der Waals surface area (Å²) < 4.78 is 0. The van der Waals surface area contributed by atoms with Gasteiger partial charge in [0, 0.05) is 42.9 Å². The molecule has 0 saturated carbocycles. The van der Waals surface area contributed by atoms with Crippen molar-refractivity contribution in [3.63, 3.8) is 0 Å². The van der Waals surface area contributed by atoms with Crippen LogP contribution in [0.4, 0.5) is 22.9 Å². The van der Waals surface area contributed by atoms with Gasteiger partial charge in [0.05, 0.1) is 0 Å². The molecule has 0 spiro atoms. The Hall–Kier alpha value is -3.34. The highest BCUT2D eigenvalue weighted by Crippen LogP contribution is 2.21. The van der Waals surface area contributed by atoms with E-state index in [0.717, 1.165) is 22.6 Å². The predicted molar refractivity (Wildman–Crippen MR) is 112 cm³/mol. The summed E-state index contributed by atoms with van der Waals surface area (Å²) in [5.41, 5.74) is 5.61. The monoisotopic (exact) mass is 360 g/mol. The minimum absolute atomic E-state index is 0.157. The molecule has 1 aromatic heterocycles. The van der Waals surface area contributed by atoms with Gasteiger partial charge >= 0.3 is 0 Å². The number of carbonyl (C=O) groups excluding carboxylic acids is 1. The molecule has 0 saturated heterocycles. The molecular weight excluding hydrogens is 336 g/mol. The molecule has 0 fully saturated rings. The molecule has 0 radical (unpaired) electrons. The summed E-state index contributed by atoms with van der Waals surface area (Å²) in [6, 6.07) is 17.4. The molecule has 3 aromatic rings. The summed E-state index contributed by atoms with van der Waals surface area (Å²) >= 11 is 0. The van der Waals surface area contributed by atoms with E-state index in [1.54, 1.807) is 18.3 Å². The Morgan fingerprint density at radius 1 is 0.963 bits per heavy atom. The van der Waals surface area contributed by atoms with Crippen molar-refractivity contribution in [1.82, 2.24) is 4.98 Å². The predicted octanol–water partition coefficient (Wildman–Crippen LogP) is 4.76. The van der Waals surface area contributed by atoms with Gasteiger partial charge in [-0.2, -0.15) is 0 Å². The van der Waals surface area contributed by atoms with Crippen LogP contribution in [0.1, 0.15) is 21.5 Å². The number of nitrogens with one attached hydrogen (secondary N) is 2. The zero-order valence-corrected chi connectivity index (χ0v) is 16.1. The van der Waals surface area contributed by atoms with E-state index in [1.807, 2.05) is 75.3 Å². The Balaban J connectivity index is 1.73. The lowest BCUT2D eigenvalue weighted by molar-refractivity contribution is 0.102. The minimum atomic E-state index is -0.157. The number of pyridine rings is 1. The SMILES string of the molecule is Cc1ccc(NC(=O)c2ccnc(Nc3ccc(N(C)C)cc3)c2)c(C)c1. The molecule has 27 heavy (non-hydrogen) atoms. The van der Waals surface area contributed by atoms with Crippen LogP contribution < -0.4 is 15.5 Å². The van der Waals surface area contributed by atoms with Gasteiger partial charge < -0.3 is 15.5 Å². The summed E-state index contributed by atoms with van der Waals surface area (Å²) in [6.45, 7) is 4.02. The summed E-state index contributed by atoms with van der Waals surface area (Å²) in [5.74, 6) is 0.469. The van der Waals surface area contributed by atoms with Crippen LogP contribution in [0, 0.1) is 13.8 Å². The number of amides is 1. The first kappa shape index (κ1) is 18.5. The number of benzene rings is 2. The van der Waals surface area contributed by atoms with Crippen LogP contribution in [0.15, 0.2) is 60.8 Å². The highest BCUT2D eigenvalue weighted by atomic mass is 16.1. The molecule has 5 nitrogen and oxygen atoms in total. The third kappa shape index (κ3) is 4.64. The number of hydrogen-bond acceptors (Lipinski definition) is 4. The van der Waals surface area contributed by atoms with E-state index < -0.39 is 0 Å². The largest absolute Gasteiger partial charge is 0.378 e. The average molecular weight is 360 g/mol. The summed E-state index contributed by atoms with van der Waals surface area (Å²) in [4.78, 5) is 19.0. The van der Waals surface area contributed by atoms with E-state index in [4.69, 9.17) is 0 Å². The number of anilines is 4. The molecule has 1 amide bonds. The van der Waals surface area contributed by atoms with E-state index in [-0.39, 0.29) is 5.91 Å². The van der Waals surface area contributed by atoms with Gasteiger partial charge in [-0.05, 0) is 61.9 Å². The molecule has 0 atom stereocenters. The van der Waals surface area contributed by atoms with Crippen LogP contribution in [0.2, 0.25) is 0 Å². The van der Waals surface area contributed by atoms with Gasteiger partial charge in [0.15, 0.2) is 0 Å². The Bertz CT molecular complexity index is 949. The lowest BCUT2D eigenvalue weighted by atomic mass is 10.1.